The molecule has 2 rings (SSSR count). The fraction of sp³-hybridized carbons (Fsp3) is 0.308. The van der Waals surface area contributed by atoms with E-state index in [1.807, 2.05) is 6.07 Å². The summed E-state index contributed by atoms with van der Waals surface area (Å²) in [6.45, 7) is 0.00290. The van der Waals surface area contributed by atoms with Crippen LogP contribution in [0.3, 0.4) is 0 Å². The SMILES string of the molecule is Cn1cc(CC(CN)(C(=O)O)c2ccccc2)nn1. The molecule has 0 saturated heterocycles. The van der Waals surface area contributed by atoms with Gasteiger partial charge in [-0.25, -0.2) is 0 Å². The van der Waals surface area contributed by atoms with Crippen molar-refractivity contribution in [1.82, 2.24) is 15.0 Å². The minimum Gasteiger partial charge on any atom is -0.481 e. The maximum atomic E-state index is 11.7. The Morgan fingerprint density at radius 3 is 2.58 bits per heavy atom. The summed E-state index contributed by atoms with van der Waals surface area (Å²) in [7, 11) is 1.74. The van der Waals surface area contributed by atoms with Crippen molar-refractivity contribution in [1.29, 1.82) is 0 Å². The Labute approximate surface area is 110 Å². The van der Waals surface area contributed by atoms with Gasteiger partial charge in [0.1, 0.15) is 5.41 Å². The first-order valence-electron chi connectivity index (χ1n) is 5.93. The first-order valence-corrected chi connectivity index (χ1v) is 5.93. The molecule has 3 N–H and O–H groups in total. The van der Waals surface area contributed by atoms with E-state index in [1.54, 1.807) is 42.2 Å². The van der Waals surface area contributed by atoms with Crippen molar-refractivity contribution in [2.75, 3.05) is 6.54 Å². The van der Waals surface area contributed by atoms with Crippen LogP contribution in [0.5, 0.6) is 0 Å². The van der Waals surface area contributed by atoms with E-state index >= 15 is 0 Å². The molecule has 0 radical (unpaired) electrons. The van der Waals surface area contributed by atoms with E-state index < -0.39 is 11.4 Å². The summed E-state index contributed by atoms with van der Waals surface area (Å²) in [6.07, 6.45) is 1.92. The van der Waals surface area contributed by atoms with Crippen molar-refractivity contribution in [2.45, 2.75) is 11.8 Å². The second kappa shape index (κ2) is 5.19. The monoisotopic (exact) mass is 260 g/mol. The molecule has 6 heteroatoms. The molecule has 0 aliphatic rings. The summed E-state index contributed by atoms with van der Waals surface area (Å²) in [5.74, 6) is -0.952. The highest BCUT2D eigenvalue weighted by atomic mass is 16.4. The molecule has 100 valence electrons. The second-order valence-corrected chi connectivity index (χ2v) is 4.52. The Balaban J connectivity index is 2.43. The van der Waals surface area contributed by atoms with E-state index in [0.717, 1.165) is 0 Å². The predicted octanol–water partition coefficient (Wildman–Crippen LogP) is 0.339. The number of aliphatic carboxylic acids is 1. The van der Waals surface area contributed by atoms with E-state index in [0.29, 0.717) is 11.3 Å². The third-order valence-corrected chi connectivity index (χ3v) is 3.22. The zero-order chi connectivity index (χ0) is 13.9. The predicted molar refractivity (Wildman–Crippen MR) is 69.5 cm³/mol. The van der Waals surface area contributed by atoms with Crippen molar-refractivity contribution in [3.8, 4) is 0 Å². The van der Waals surface area contributed by atoms with Gasteiger partial charge in [-0.3, -0.25) is 9.48 Å². The number of benzene rings is 1. The minimum absolute atomic E-state index is 0.00290. The number of rotatable bonds is 5. The molecule has 0 bridgehead atoms. The molecule has 19 heavy (non-hydrogen) atoms. The number of nitrogens with two attached hydrogens (primary N) is 1. The number of aryl methyl sites for hydroxylation is 1. The van der Waals surface area contributed by atoms with Gasteiger partial charge in [0.2, 0.25) is 0 Å². The van der Waals surface area contributed by atoms with E-state index in [4.69, 9.17) is 5.73 Å². The number of hydrogen-bond donors (Lipinski definition) is 2. The molecule has 6 nitrogen and oxygen atoms in total. The maximum Gasteiger partial charge on any atom is 0.315 e. The summed E-state index contributed by atoms with van der Waals surface area (Å²) >= 11 is 0. The summed E-state index contributed by atoms with van der Waals surface area (Å²) in [5.41, 5.74) is 5.88. The number of aromatic nitrogens is 3. The fourth-order valence-electron chi connectivity index (χ4n) is 2.12. The van der Waals surface area contributed by atoms with Gasteiger partial charge in [0, 0.05) is 26.2 Å². The van der Waals surface area contributed by atoms with Gasteiger partial charge in [-0.1, -0.05) is 35.5 Å². The van der Waals surface area contributed by atoms with Gasteiger partial charge < -0.3 is 10.8 Å². The van der Waals surface area contributed by atoms with Gasteiger partial charge in [-0.2, -0.15) is 0 Å². The Morgan fingerprint density at radius 1 is 1.42 bits per heavy atom. The van der Waals surface area contributed by atoms with Gasteiger partial charge in [-0.15, -0.1) is 5.10 Å². The zero-order valence-corrected chi connectivity index (χ0v) is 10.7. The summed E-state index contributed by atoms with van der Waals surface area (Å²) in [4.78, 5) is 11.7. The number of hydrogen-bond acceptors (Lipinski definition) is 4. The highest BCUT2D eigenvalue weighted by Gasteiger charge is 2.40. The lowest BCUT2D eigenvalue weighted by molar-refractivity contribution is -0.143. The Kier molecular flexibility index (Phi) is 3.62. The normalized spacial score (nSPS) is 14.0. The smallest absolute Gasteiger partial charge is 0.315 e. The molecule has 1 heterocycles. The number of carboxylic acid groups (broad SMARTS) is 1. The first kappa shape index (κ1) is 13.2. The molecule has 1 aromatic carbocycles. The lowest BCUT2D eigenvalue weighted by Gasteiger charge is -2.27. The average Bonchev–Trinajstić information content (AvgIpc) is 2.82. The van der Waals surface area contributed by atoms with Crippen LogP contribution in [0.1, 0.15) is 11.3 Å². The molecule has 1 atom stereocenters. The number of carboxylic acids is 1. The molecule has 1 unspecified atom stereocenters. The zero-order valence-electron chi connectivity index (χ0n) is 10.7. The van der Waals surface area contributed by atoms with Crippen molar-refractivity contribution < 1.29 is 9.90 Å². The van der Waals surface area contributed by atoms with Crippen LogP contribution in [0, 0.1) is 0 Å². The molecular formula is C13H16N4O2. The van der Waals surface area contributed by atoms with Crippen molar-refractivity contribution in [2.24, 2.45) is 12.8 Å². The van der Waals surface area contributed by atoms with Crippen LogP contribution in [0.25, 0.3) is 0 Å². The van der Waals surface area contributed by atoms with E-state index in [1.165, 1.54) is 0 Å². The van der Waals surface area contributed by atoms with Gasteiger partial charge in [0.15, 0.2) is 0 Å². The van der Waals surface area contributed by atoms with Gasteiger partial charge in [0.05, 0.1) is 5.69 Å². The van der Waals surface area contributed by atoms with Gasteiger partial charge in [-0.05, 0) is 5.56 Å². The lowest BCUT2D eigenvalue weighted by atomic mass is 9.77. The van der Waals surface area contributed by atoms with Gasteiger partial charge in [0.25, 0.3) is 0 Å². The average molecular weight is 260 g/mol. The first-order chi connectivity index (χ1) is 9.08. The molecule has 2 aromatic rings. The second-order valence-electron chi connectivity index (χ2n) is 4.52. The summed E-state index contributed by atoms with van der Waals surface area (Å²) in [6, 6.07) is 9.00. The molecule has 1 aromatic heterocycles. The van der Waals surface area contributed by atoms with Crippen LogP contribution in [-0.4, -0.2) is 32.6 Å². The molecule has 0 aliphatic heterocycles. The molecule has 0 fully saturated rings. The number of nitrogens with zero attached hydrogens (tertiary/aromatic N) is 3. The highest BCUT2D eigenvalue weighted by molar-refractivity contribution is 5.82. The van der Waals surface area contributed by atoms with E-state index in [9.17, 15) is 9.90 Å². The van der Waals surface area contributed by atoms with Crippen LogP contribution in [0.2, 0.25) is 0 Å². The van der Waals surface area contributed by atoms with Crippen molar-refractivity contribution in [3.63, 3.8) is 0 Å². The van der Waals surface area contributed by atoms with Crippen LogP contribution >= 0.6 is 0 Å². The molecule has 0 aliphatic carbocycles. The lowest BCUT2D eigenvalue weighted by Crippen LogP contribution is -2.45. The van der Waals surface area contributed by atoms with Crippen molar-refractivity contribution >= 4 is 5.97 Å². The Bertz CT molecular complexity index is 567. The third-order valence-electron chi connectivity index (χ3n) is 3.22. The fourth-order valence-corrected chi connectivity index (χ4v) is 2.12. The maximum absolute atomic E-state index is 11.7. The molecule has 0 spiro atoms. The van der Waals surface area contributed by atoms with Crippen LogP contribution in [0.15, 0.2) is 36.5 Å². The Hall–Kier alpha value is -2.21. The Morgan fingerprint density at radius 2 is 2.11 bits per heavy atom. The molecular weight excluding hydrogens is 244 g/mol. The summed E-state index contributed by atoms with van der Waals surface area (Å²) < 4.78 is 1.55. The molecule has 0 amide bonds. The minimum atomic E-state index is -1.17. The van der Waals surface area contributed by atoms with Crippen molar-refractivity contribution in [3.05, 3.63) is 47.8 Å². The number of carbonyl (C=O) groups is 1. The standard InChI is InChI=1S/C13H16N4O2/c1-17-8-11(15-16-17)7-13(9-14,12(18)19)10-5-3-2-4-6-10/h2-6,8H,7,9,14H2,1H3,(H,18,19). The topological polar surface area (TPSA) is 94.0 Å². The van der Waals surface area contributed by atoms with E-state index in [-0.39, 0.29) is 13.0 Å². The third kappa shape index (κ3) is 2.48. The van der Waals surface area contributed by atoms with Gasteiger partial charge >= 0.3 is 5.97 Å². The molecule has 0 saturated carbocycles. The van der Waals surface area contributed by atoms with Crippen LogP contribution in [0.4, 0.5) is 0 Å². The highest BCUT2D eigenvalue weighted by Crippen LogP contribution is 2.27. The van der Waals surface area contributed by atoms with Crippen LogP contribution < -0.4 is 5.73 Å². The quantitative estimate of drug-likeness (QED) is 0.808. The largest absolute Gasteiger partial charge is 0.481 e. The van der Waals surface area contributed by atoms with E-state index in [2.05, 4.69) is 10.3 Å². The van der Waals surface area contributed by atoms with Crippen LogP contribution in [-0.2, 0) is 23.7 Å². The summed E-state index contributed by atoms with van der Waals surface area (Å²) in [5, 5.41) is 17.4.